The van der Waals surface area contributed by atoms with E-state index in [0.29, 0.717) is 31.9 Å². The van der Waals surface area contributed by atoms with E-state index < -0.39 is 10.0 Å². The van der Waals surface area contributed by atoms with Crippen LogP contribution in [0, 0.1) is 33.3 Å². The van der Waals surface area contributed by atoms with E-state index in [0.717, 1.165) is 29.0 Å². The van der Waals surface area contributed by atoms with Crippen LogP contribution < -0.4 is 10.2 Å². The first-order chi connectivity index (χ1) is 18.2. The van der Waals surface area contributed by atoms with Crippen LogP contribution in [-0.2, 0) is 15.8 Å². The minimum Gasteiger partial charge on any atom is -0.376 e. The quantitative estimate of drug-likeness (QED) is 0.364. The van der Waals surface area contributed by atoms with E-state index >= 15 is 0 Å². The summed E-state index contributed by atoms with van der Waals surface area (Å²) in [4.78, 5) is 13.8. The molecular formula is C29H38N4O4S. The summed E-state index contributed by atoms with van der Waals surface area (Å²) >= 11 is 0. The molecule has 0 aromatic heterocycles. The van der Waals surface area contributed by atoms with Crippen LogP contribution in [0.3, 0.4) is 0 Å². The Hall–Kier alpha value is -2.65. The van der Waals surface area contributed by atoms with Crippen LogP contribution in [-0.4, -0.2) is 49.9 Å². The number of benzene rings is 2. The second-order valence-electron chi connectivity index (χ2n) is 12.2. The van der Waals surface area contributed by atoms with Gasteiger partial charge in [0.25, 0.3) is 5.69 Å². The van der Waals surface area contributed by atoms with Crippen molar-refractivity contribution in [1.82, 2.24) is 4.31 Å². The highest BCUT2D eigenvalue weighted by molar-refractivity contribution is 7.88. The van der Waals surface area contributed by atoms with E-state index in [-0.39, 0.29) is 27.8 Å². The van der Waals surface area contributed by atoms with Gasteiger partial charge in [-0.1, -0.05) is 30.3 Å². The van der Waals surface area contributed by atoms with Gasteiger partial charge in [0.05, 0.1) is 10.7 Å². The number of anilines is 2. The lowest BCUT2D eigenvalue weighted by molar-refractivity contribution is -0.384. The van der Waals surface area contributed by atoms with Gasteiger partial charge in [-0.05, 0) is 86.3 Å². The fourth-order valence-corrected chi connectivity index (χ4v) is 9.71. The molecule has 1 saturated heterocycles. The second kappa shape index (κ2) is 9.83. The van der Waals surface area contributed by atoms with Crippen molar-refractivity contribution in [3.8, 4) is 0 Å². The van der Waals surface area contributed by atoms with Crippen LogP contribution in [0.25, 0.3) is 0 Å². The molecule has 1 heterocycles. The van der Waals surface area contributed by atoms with E-state index in [1.807, 2.05) is 36.4 Å². The first-order valence-electron chi connectivity index (χ1n) is 14.0. The Morgan fingerprint density at radius 2 is 1.58 bits per heavy atom. The monoisotopic (exact) mass is 538 g/mol. The average molecular weight is 539 g/mol. The number of sulfonamides is 1. The normalized spacial score (nSPS) is 29.8. The van der Waals surface area contributed by atoms with Crippen LogP contribution in [0.15, 0.2) is 48.5 Å². The molecule has 7 rings (SSSR count). The minimum atomic E-state index is -3.40. The molecule has 4 aliphatic carbocycles. The molecule has 2 aromatic rings. The Bertz CT molecular complexity index is 1260. The lowest BCUT2D eigenvalue weighted by Gasteiger charge is -2.59. The van der Waals surface area contributed by atoms with Crippen LogP contribution in [0.5, 0.6) is 0 Å². The number of piperazine rings is 1. The third-order valence-electron chi connectivity index (χ3n) is 9.74. The molecule has 5 aliphatic rings. The van der Waals surface area contributed by atoms with E-state index in [9.17, 15) is 18.5 Å². The van der Waals surface area contributed by atoms with Gasteiger partial charge in [0.2, 0.25) is 10.0 Å². The van der Waals surface area contributed by atoms with Crippen molar-refractivity contribution in [3.63, 3.8) is 0 Å². The van der Waals surface area contributed by atoms with Gasteiger partial charge < -0.3 is 10.2 Å². The molecule has 0 amide bonds. The van der Waals surface area contributed by atoms with Crippen LogP contribution in [0.2, 0.25) is 0 Å². The zero-order valence-electron chi connectivity index (χ0n) is 22.1. The fraction of sp³-hybridized carbons (Fsp3) is 0.586. The molecule has 9 heteroatoms. The summed E-state index contributed by atoms with van der Waals surface area (Å²) in [6.07, 6.45) is 7.82. The van der Waals surface area contributed by atoms with Gasteiger partial charge in [-0.15, -0.1) is 0 Å². The molecule has 1 atom stereocenters. The lowest BCUT2D eigenvalue weighted by Crippen LogP contribution is -2.53. The topological polar surface area (TPSA) is 95.8 Å². The van der Waals surface area contributed by atoms with Crippen molar-refractivity contribution in [3.05, 3.63) is 64.2 Å². The van der Waals surface area contributed by atoms with Gasteiger partial charge >= 0.3 is 0 Å². The maximum atomic E-state index is 13.0. The fourth-order valence-electron chi connectivity index (χ4n) is 8.19. The summed E-state index contributed by atoms with van der Waals surface area (Å²) in [6.45, 7) is 4.13. The lowest BCUT2D eigenvalue weighted by atomic mass is 9.48. The maximum absolute atomic E-state index is 13.0. The molecule has 4 bridgehead atoms. The van der Waals surface area contributed by atoms with Gasteiger partial charge in [-0.25, -0.2) is 8.42 Å². The summed E-state index contributed by atoms with van der Waals surface area (Å²) in [5.41, 5.74) is 2.60. The molecule has 0 radical (unpaired) electrons. The van der Waals surface area contributed by atoms with Crippen LogP contribution in [0.1, 0.15) is 51.0 Å². The molecular weight excluding hydrogens is 500 g/mol. The van der Waals surface area contributed by atoms with Crippen LogP contribution >= 0.6 is 0 Å². The van der Waals surface area contributed by atoms with E-state index in [2.05, 4.69) is 17.1 Å². The zero-order valence-corrected chi connectivity index (χ0v) is 22.9. The molecule has 0 unspecified atom stereocenters. The number of nitrogens with one attached hydrogen (secondary N) is 1. The summed E-state index contributed by atoms with van der Waals surface area (Å²) in [6, 6.07) is 14.7. The van der Waals surface area contributed by atoms with Crippen molar-refractivity contribution >= 4 is 27.1 Å². The molecule has 5 fully saturated rings. The standard InChI is InChI=1S/C29H38N4O4S/c1-21(29-17-23-13-24(18-29)15-25(14-23)19-29)30-27-16-26(7-8-28(27)33(34)35)31-9-11-32(12-10-31)38(36,37)20-22-5-3-2-4-6-22/h2-8,16,21,23-25,30H,9-15,17-20H2,1H3/t21-,23?,24?,25?,29?/m0/s1. The molecule has 8 nitrogen and oxygen atoms in total. The molecule has 38 heavy (non-hydrogen) atoms. The smallest absolute Gasteiger partial charge is 0.292 e. The first kappa shape index (κ1) is 25.6. The predicted octanol–water partition coefficient (Wildman–Crippen LogP) is 5.26. The minimum absolute atomic E-state index is 0.00164. The SMILES string of the molecule is C[C@H](Nc1cc(N2CCN(S(=O)(=O)Cc3ccccc3)CC2)ccc1[N+](=O)[O-])C12CC3CC(CC(C3)C1)C2. The highest BCUT2D eigenvalue weighted by Crippen LogP contribution is 2.61. The number of hydrogen-bond donors (Lipinski definition) is 1. The molecule has 1 N–H and O–H groups in total. The third-order valence-corrected chi connectivity index (χ3v) is 11.6. The number of rotatable bonds is 8. The largest absolute Gasteiger partial charge is 0.376 e. The molecule has 4 saturated carbocycles. The van der Waals surface area contributed by atoms with E-state index in [1.54, 1.807) is 16.4 Å². The summed E-state index contributed by atoms with van der Waals surface area (Å²) < 4.78 is 27.5. The summed E-state index contributed by atoms with van der Waals surface area (Å²) in [5, 5.41) is 15.5. The molecule has 0 spiro atoms. The van der Waals surface area contributed by atoms with Crippen molar-refractivity contribution in [2.24, 2.45) is 23.2 Å². The number of nitro benzene ring substituents is 1. The highest BCUT2D eigenvalue weighted by Gasteiger charge is 2.53. The van der Waals surface area contributed by atoms with Gasteiger partial charge in [0.1, 0.15) is 5.69 Å². The van der Waals surface area contributed by atoms with Crippen molar-refractivity contribution in [2.45, 2.75) is 57.2 Å². The summed E-state index contributed by atoms with van der Waals surface area (Å²) in [5.74, 6) is 2.46. The molecule has 1 aliphatic heterocycles. The van der Waals surface area contributed by atoms with E-state index in [1.165, 1.54) is 38.5 Å². The Balaban J connectivity index is 1.16. The number of hydrogen-bond acceptors (Lipinski definition) is 6. The van der Waals surface area contributed by atoms with Gasteiger partial charge in [-0.2, -0.15) is 4.31 Å². The van der Waals surface area contributed by atoms with Gasteiger partial charge in [0, 0.05) is 44.0 Å². The summed E-state index contributed by atoms with van der Waals surface area (Å²) in [7, 11) is -3.40. The third kappa shape index (κ3) is 4.91. The highest BCUT2D eigenvalue weighted by atomic mass is 32.2. The zero-order chi connectivity index (χ0) is 26.5. The van der Waals surface area contributed by atoms with Gasteiger partial charge in [0.15, 0.2) is 0 Å². The van der Waals surface area contributed by atoms with Crippen molar-refractivity contribution in [1.29, 1.82) is 0 Å². The van der Waals surface area contributed by atoms with Crippen molar-refractivity contribution in [2.75, 3.05) is 36.4 Å². The second-order valence-corrected chi connectivity index (χ2v) is 14.2. The van der Waals surface area contributed by atoms with E-state index in [4.69, 9.17) is 0 Å². The number of nitro groups is 1. The Labute approximate surface area is 225 Å². The molecule has 2 aromatic carbocycles. The number of nitrogens with zero attached hydrogens (tertiary/aromatic N) is 3. The first-order valence-corrected chi connectivity index (χ1v) is 15.6. The average Bonchev–Trinajstić information content (AvgIpc) is 2.88. The Morgan fingerprint density at radius 3 is 2.16 bits per heavy atom. The molecule has 204 valence electrons. The van der Waals surface area contributed by atoms with Gasteiger partial charge in [-0.3, -0.25) is 10.1 Å². The Morgan fingerprint density at radius 1 is 0.974 bits per heavy atom. The van der Waals surface area contributed by atoms with Crippen molar-refractivity contribution < 1.29 is 13.3 Å². The Kier molecular flexibility index (Phi) is 6.63. The predicted molar refractivity (Wildman–Crippen MR) is 150 cm³/mol. The van der Waals surface area contributed by atoms with Crippen LogP contribution in [0.4, 0.5) is 17.1 Å². The maximum Gasteiger partial charge on any atom is 0.292 e.